The van der Waals surface area contributed by atoms with Crippen LogP contribution in [0.3, 0.4) is 0 Å². The summed E-state index contributed by atoms with van der Waals surface area (Å²) in [7, 11) is 0. The SMILES string of the molecule is CC(C)(C)OC(=O)N[C@@H](Cc1cc(F)cc(F)c1)[C@H]1CO1.CC(C)Cc1ccc(-n2ccnc2)c(CNC[C@@H](O)[C@H](Cc2cc(F)cc(F)c2)NC(=O)OC(C)(C)C)c1.[C-]#[N+]c1cc(CC(C)C)ccc1-n1ccnc1. The Bertz CT molecular complexity index is 2800. The van der Waals surface area contributed by atoms with E-state index in [1.54, 1.807) is 66.6 Å². The number of halogens is 4. The monoisotopic (exact) mass is 1050 g/mol. The van der Waals surface area contributed by atoms with Gasteiger partial charge in [0.1, 0.15) is 40.6 Å². The number of alkyl carbamates (subject to hydrolysis) is 2. The lowest BCUT2D eigenvalue weighted by Gasteiger charge is -2.27. The lowest BCUT2D eigenvalue weighted by Crippen LogP contribution is -2.50. The molecule has 6 aromatic rings. The van der Waals surface area contributed by atoms with Gasteiger partial charge >= 0.3 is 12.2 Å². The lowest BCUT2D eigenvalue weighted by molar-refractivity contribution is 0.0421. The van der Waals surface area contributed by atoms with Crippen molar-refractivity contribution in [1.82, 2.24) is 35.1 Å². The number of nitrogens with zero attached hydrogens (tertiary/aromatic N) is 5. The van der Waals surface area contributed by atoms with E-state index < -0.39 is 58.8 Å². The molecule has 408 valence electrons. The second kappa shape index (κ2) is 27.6. The largest absolute Gasteiger partial charge is 0.444 e. The third kappa shape index (κ3) is 20.9. The fraction of sp³-hybridized carbons (Fsp3) is 0.431. The number of epoxide rings is 1. The predicted molar refractivity (Wildman–Crippen MR) is 284 cm³/mol. The van der Waals surface area contributed by atoms with Gasteiger partial charge in [0.05, 0.1) is 55.4 Å². The van der Waals surface area contributed by atoms with E-state index in [1.807, 2.05) is 33.7 Å². The minimum absolute atomic E-state index is 0.0148. The van der Waals surface area contributed by atoms with Crippen molar-refractivity contribution in [1.29, 1.82) is 0 Å². The molecule has 2 amide bonds. The first-order chi connectivity index (χ1) is 35.8. The molecule has 4 atom stereocenters. The fourth-order valence-corrected chi connectivity index (χ4v) is 8.14. The van der Waals surface area contributed by atoms with Crippen LogP contribution in [0.1, 0.15) is 97.1 Å². The summed E-state index contributed by atoms with van der Waals surface area (Å²) in [5.74, 6) is -1.62. The van der Waals surface area contributed by atoms with E-state index >= 15 is 0 Å². The Morgan fingerprint density at radius 2 is 1.17 bits per heavy atom. The maximum absolute atomic E-state index is 13.8. The molecule has 0 bridgehead atoms. The van der Waals surface area contributed by atoms with Crippen LogP contribution in [0.15, 0.2) is 110 Å². The van der Waals surface area contributed by atoms with Gasteiger partial charge in [-0.1, -0.05) is 57.5 Å². The van der Waals surface area contributed by atoms with Gasteiger partial charge < -0.3 is 44.4 Å². The molecule has 1 aliphatic heterocycles. The first kappa shape index (κ1) is 59.8. The van der Waals surface area contributed by atoms with Crippen LogP contribution in [0.2, 0.25) is 0 Å². The molecular weight excluding hydrogens is 981 g/mol. The number of imidazole rings is 2. The Morgan fingerprint density at radius 1 is 0.697 bits per heavy atom. The molecule has 1 saturated heterocycles. The number of benzene rings is 4. The molecule has 0 aliphatic carbocycles. The van der Waals surface area contributed by atoms with Crippen molar-refractivity contribution in [2.24, 2.45) is 11.8 Å². The number of nitrogens with one attached hydrogen (secondary N) is 3. The van der Waals surface area contributed by atoms with Gasteiger partial charge in [-0.05, 0) is 138 Å². The number of aliphatic hydroxyl groups is 1. The Balaban J connectivity index is 0.000000234. The van der Waals surface area contributed by atoms with Crippen molar-refractivity contribution in [2.75, 3.05) is 13.2 Å². The highest BCUT2D eigenvalue weighted by molar-refractivity contribution is 5.69. The Kier molecular flexibility index (Phi) is 21.7. The number of aromatic nitrogens is 4. The van der Waals surface area contributed by atoms with Crippen LogP contribution >= 0.6 is 0 Å². The second-order valence-corrected chi connectivity index (χ2v) is 21.6. The molecule has 18 heteroatoms. The molecule has 76 heavy (non-hydrogen) atoms. The van der Waals surface area contributed by atoms with E-state index in [9.17, 15) is 32.3 Å². The van der Waals surface area contributed by atoms with E-state index in [0.29, 0.717) is 41.8 Å². The third-order valence-corrected chi connectivity index (χ3v) is 11.3. The molecule has 0 radical (unpaired) electrons. The van der Waals surface area contributed by atoms with Crippen molar-refractivity contribution in [3.8, 4) is 11.4 Å². The summed E-state index contributed by atoms with van der Waals surface area (Å²) in [4.78, 5) is 36.0. The molecule has 7 rings (SSSR count). The normalized spacial score (nSPS) is 14.3. The number of carbonyl (C=O) groups excluding carboxylic acids is 2. The van der Waals surface area contributed by atoms with Gasteiger partial charge in [0.2, 0.25) is 5.69 Å². The van der Waals surface area contributed by atoms with Gasteiger partial charge in [0.15, 0.2) is 0 Å². The number of carbonyl (C=O) groups is 2. The smallest absolute Gasteiger partial charge is 0.407 e. The van der Waals surface area contributed by atoms with Crippen LogP contribution in [0.25, 0.3) is 16.2 Å². The van der Waals surface area contributed by atoms with Crippen LogP contribution in [-0.4, -0.2) is 85.0 Å². The highest BCUT2D eigenvalue weighted by Crippen LogP contribution is 2.27. The van der Waals surface area contributed by atoms with Crippen LogP contribution < -0.4 is 16.0 Å². The minimum atomic E-state index is -1.07. The number of aliphatic hydroxyl groups excluding tert-OH is 1. The van der Waals surface area contributed by atoms with E-state index in [-0.39, 0.29) is 31.5 Å². The number of amides is 2. The quantitative estimate of drug-likeness (QED) is 0.0373. The minimum Gasteiger partial charge on any atom is -0.444 e. The molecule has 2 aromatic heterocycles. The maximum Gasteiger partial charge on any atom is 0.407 e. The predicted octanol–water partition coefficient (Wildman–Crippen LogP) is 11.4. The van der Waals surface area contributed by atoms with Gasteiger partial charge in [-0.2, -0.15) is 0 Å². The number of rotatable bonds is 18. The number of ether oxygens (including phenoxy) is 3. The van der Waals surface area contributed by atoms with Gasteiger partial charge in [-0.25, -0.2) is 42.0 Å². The molecule has 4 aromatic carbocycles. The molecule has 0 spiro atoms. The summed E-state index contributed by atoms with van der Waals surface area (Å²) >= 11 is 0. The van der Waals surface area contributed by atoms with Crippen molar-refractivity contribution >= 4 is 17.9 Å². The Labute approximate surface area is 444 Å². The van der Waals surface area contributed by atoms with Crippen molar-refractivity contribution in [3.05, 3.63) is 173 Å². The molecular formula is C58H72F4N8O6. The first-order valence-electron chi connectivity index (χ1n) is 25.3. The average molecular weight is 1050 g/mol. The number of hydrogen-bond acceptors (Lipinski definition) is 9. The van der Waals surface area contributed by atoms with E-state index in [1.165, 1.54) is 35.4 Å². The Hall–Kier alpha value is -7.07. The second-order valence-electron chi connectivity index (χ2n) is 21.6. The van der Waals surface area contributed by atoms with Crippen LogP contribution in [-0.2, 0) is 46.4 Å². The lowest BCUT2D eigenvalue weighted by atomic mass is 9.99. The average Bonchev–Trinajstić information content (AvgIpc) is 3.71. The standard InChI is InChI=1S/C29H38F2N4O3.C15H19F2NO3.C14H15N3/c1-19(2)10-20-6-7-26(35-9-8-32-18-35)22(11-20)16-33-17-27(36)25(34-28(37)38-29(3,4)5)14-21-12-23(30)15-24(31)13-21;1-15(2,3)21-14(19)18-12(13-8-20-13)6-9-4-10(16)7-11(17)5-9;1-11(2)8-12-4-5-14(13(9-12)15-3)17-7-6-16-10-17/h6-9,11-13,15,18-19,25,27,33,36H,10,14,16-17H2,1-5H3,(H,34,37);4-5,7,12-13H,6,8H2,1-3H3,(H,18,19);4-7,9-11H,8H2,1-2H3/t25-,27+;12-,13+;/m00./s1. The molecule has 1 fully saturated rings. The summed E-state index contributed by atoms with van der Waals surface area (Å²) < 4.78 is 73.5. The van der Waals surface area contributed by atoms with Gasteiger partial charge in [-0.3, -0.25) is 0 Å². The topological polar surface area (TPSA) is 161 Å². The summed E-state index contributed by atoms with van der Waals surface area (Å²) in [6.45, 7) is 27.5. The summed E-state index contributed by atoms with van der Waals surface area (Å²) in [6.07, 6.45) is 10.3. The van der Waals surface area contributed by atoms with Crippen molar-refractivity contribution < 1.29 is 46.5 Å². The van der Waals surface area contributed by atoms with E-state index in [4.69, 9.17) is 20.8 Å². The van der Waals surface area contributed by atoms with Crippen molar-refractivity contribution in [3.63, 3.8) is 0 Å². The number of hydrogen-bond donors (Lipinski definition) is 4. The highest BCUT2D eigenvalue weighted by Gasteiger charge is 2.35. The molecule has 0 unspecified atom stereocenters. The zero-order chi connectivity index (χ0) is 55.7. The van der Waals surface area contributed by atoms with E-state index in [0.717, 1.165) is 41.9 Å². The molecule has 3 heterocycles. The van der Waals surface area contributed by atoms with Crippen LogP contribution in [0.5, 0.6) is 0 Å². The van der Waals surface area contributed by atoms with Crippen LogP contribution in [0.4, 0.5) is 32.8 Å². The maximum atomic E-state index is 13.8. The zero-order valence-corrected chi connectivity index (χ0v) is 45.0. The van der Waals surface area contributed by atoms with Crippen molar-refractivity contribution in [2.45, 2.75) is 137 Å². The van der Waals surface area contributed by atoms with Crippen LogP contribution in [0, 0.1) is 41.7 Å². The molecule has 14 nitrogen and oxygen atoms in total. The first-order valence-corrected chi connectivity index (χ1v) is 25.3. The summed E-state index contributed by atoms with van der Waals surface area (Å²) in [6, 6.07) is 17.6. The van der Waals surface area contributed by atoms with Gasteiger partial charge in [0, 0.05) is 50.0 Å². The summed E-state index contributed by atoms with van der Waals surface area (Å²) in [5, 5.41) is 19.7. The molecule has 0 saturated carbocycles. The molecule has 4 N–H and O–H groups in total. The molecule has 1 aliphatic rings. The highest BCUT2D eigenvalue weighted by atomic mass is 19.1. The zero-order valence-electron chi connectivity index (χ0n) is 45.0. The summed E-state index contributed by atoms with van der Waals surface area (Å²) in [5.41, 5.74) is 5.42. The van der Waals surface area contributed by atoms with E-state index in [2.05, 4.69) is 82.7 Å². The van der Waals surface area contributed by atoms with Gasteiger partial charge in [-0.15, -0.1) is 0 Å². The third-order valence-electron chi connectivity index (χ3n) is 11.3. The van der Waals surface area contributed by atoms with Gasteiger partial charge in [0.25, 0.3) is 0 Å². The Morgan fingerprint density at radius 3 is 1.63 bits per heavy atom. The fourth-order valence-electron chi connectivity index (χ4n) is 8.14.